The van der Waals surface area contributed by atoms with Crippen LogP contribution in [0.25, 0.3) is 0 Å². The molecule has 0 spiro atoms. The van der Waals surface area contributed by atoms with E-state index in [1.165, 1.54) is 13.0 Å². The zero-order valence-electron chi connectivity index (χ0n) is 11.4. The van der Waals surface area contributed by atoms with Crippen molar-refractivity contribution in [3.8, 4) is 0 Å². The van der Waals surface area contributed by atoms with Crippen molar-refractivity contribution in [2.75, 3.05) is 0 Å². The second-order valence-electron chi connectivity index (χ2n) is 4.58. The lowest BCUT2D eigenvalue weighted by molar-refractivity contribution is -0.142. The monoisotopic (exact) mass is 299 g/mol. The number of carbonyl (C=O) groups excluding carboxylic acids is 2. The Morgan fingerprint density at radius 2 is 1.81 bits per heavy atom. The van der Waals surface area contributed by atoms with Crippen LogP contribution < -0.4 is 5.32 Å². The maximum absolute atomic E-state index is 13.4. The molecule has 7 heteroatoms. The van der Waals surface area contributed by atoms with Gasteiger partial charge in [-0.2, -0.15) is 0 Å². The third-order valence-electron chi connectivity index (χ3n) is 2.82. The van der Waals surface area contributed by atoms with Crippen molar-refractivity contribution in [2.45, 2.75) is 32.2 Å². The molecule has 2 N–H and O–H groups in total. The summed E-state index contributed by atoms with van der Waals surface area (Å²) in [6, 6.07) is 1.92. The maximum atomic E-state index is 13.4. The van der Waals surface area contributed by atoms with Crippen LogP contribution in [-0.2, 0) is 20.8 Å². The smallest absolute Gasteiger partial charge is 0.326 e. The lowest BCUT2D eigenvalue weighted by atomic mass is 10.1. The van der Waals surface area contributed by atoms with Gasteiger partial charge in [0.2, 0.25) is 5.91 Å². The number of Topliss-reactive ketones (excluding diaryl/α,β-unsaturated/α-hetero) is 1. The van der Waals surface area contributed by atoms with Gasteiger partial charge in [0.25, 0.3) is 0 Å². The Kier molecular flexibility index (Phi) is 5.95. The minimum atomic E-state index is -1.31. The second-order valence-corrected chi connectivity index (χ2v) is 4.58. The molecule has 0 unspecified atom stereocenters. The Hall–Kier alpha value is -2.31. The Balaban J connectivity index is 2.70. The van der Waals surface area contributed by atoms with Gasteiger partial charge in [-0.15, -0.1) is 0 Å². The highest BCUT2D eigenvalue weighted by molar-refractivity contribution is 5.85. The van der Waals surface area contributed by atoms with Gasteiger partial charge < -0.3 is 15.2 Å². The topological polar surface area (TPSA) is 83.5 Å². The van der Waals surface area contributed by atoms with E-state index in [4.69, 9.17) is 5.11 Å². The Morgan fingerprint density at radius 3 is 2.29 bits per heavy atom. The number of carboxylic acid groups (broad SMARTS) is 1. The molecule has 1 amide bonds. The first-order valence-electron chi connectivity index (χ1n) is 6.25. The summed E-state index contributed by atoms with van der Waals surface area (Å²) in [6.07, 6.45) is -0.691. The predicted molar refractivity (Wildman–Crippen MR) is 69.5 cm³/mol. The Labute approximate surface area is 120 Å². The zero-order valence-corrected chi connectivity index (χ0v) is 11.4. The highest BCUT2D eigenvalue weighted by Crippen LogP contribution is 2.12. The van der Waals surface area contributed by atoms with Gasteiger partial charge in [-0.25, -0.2) is 13.6 Å². The van der Waals surface area contributed by atoms with Gasteiger partial charge in [0.05, 0.1) is 6.42 Å². The molecule has 0 fully saturated rings. The molecule has 0 aliphatic heterocycles. The fraction of sp³-hybridized carbons (Fsp3) is 0.357. The van der Waals surface area contributed by atoms with Crippen LogP contribution in [-0.4, -0.2) is 28.8 Å². The van der Waals surface area contributed by atoms with Crippen molar-refractivity contribution >= 4 is 17.7 Å². The summed E-state index contributed by atoms with van der Waals surface area (Å²) in [7, 11) is 0. The second kappa shape index (κ2) is 7.47. The highest BCUT2D eigenvalue weighted by atomic mass is 19.1. The number of aliphatic carboxylic acids is 1. The summed E-state index contributed by atoms with van der Waals surface area (Å²) in [5, 5.41) is 11.1. The van der Waals surface area contributed by atoms with E-state index in [2.05, 4.69) is 5.32 Å². The number of halogens is 2. The number of rotatable bonds is 7. The molecule has 5 nitrogen and oxygen atoms in total. The number of nitrogens with one attached hydrogen (secondary N) is 1. The molecule has 114 valence electrons. The van der Waals surface area contributed by atoms with E-state index < -0.39 is 41.5 Å². The third kappa shape index (κ3) is 5.29. The summed E-state index contributed by atoms with van der Waals surface area (Å²) in [5.41, 5.74) is -0.425. The van der Waals surface area contributed by atoms with E-state index in [-0.39, 0.29) is 18.6 Å². The summed E-state index contributed by atoms with van der Waals surface area (Å²) < 4.78 is 26.8. The predicted octanol–water partition coefficient (Wildman–Crippen LogP) is 1.45. The van der Waals surface area contributed by atoms with Crippen molar-refractivity contribution in [1.82, 2.24) is 5.32 Å². The Morgan fingerprint density at radius 1 is 1.24 bits per heavy atom. The van der Waals surface area contributed by atoms with Crippen LogP contribution in [0.4, 0.5) is 8.78 Å². The van der Waals surface area contributed by atoms with Crippen LogP contribution >= 0.6 is 0 Å². The van der Waals surface area contributed by atoms with Crippen LogP contribution in [0.2, 0.25) is 0 Å². The normalized spacial score (nSPS) is 11.8. The van der Waals surface area contributed by atoms with Crippen LogP contribution in [0.3, 0.4) is 0 Å². The molecule has 1 atom stereocenters. The first-order chi connectivity index (χ1) is 9.81. The number of amides is 1. The van der Waals surface area contributed by atoms with Gasteiger partial charge in [0.1, 0.15) is 23.5 Å². The minimum Gasteiger partial charge on any atom is -0.480 e. The standard InChI is InChI=1S/C14H15F2NO4/c1-8(18)5-6-12(14(20)21)17-13(19)7-9-10(15)3-2-4-11(9)16/h2-4,12H,5-7H2,1H3,(H,17,19)(H,20,21)/t12-/m0/s1. The SMILES string of the molecule is CC(=O)CC[C@H](NC(=O)Cc1c(F)cccc1F)C(=O)O. The van der Waals surface area contributed by atoms with E-state index in [9.17, 15) is 23.2 Å². The van der Waals surface area contributed by atoms with Crippen LogP contribution in [0.1, 0.15) is 25.3 Å². The fourth-order valence-corrected chi connectivity index (χ4v) is 1.71. The molecule has 0 aliphatic rings. The van der Waals surface area contributed by atoms with E-state index in [0.717, 1.165) is 12.1 Å². The number of hydrogen-bond donors (Lipinski definition) is 2. The molecule has 0 bridgehead atoms. The van der Waals surface area contributed by atoms with E-state index >= 15 is 0 Å². The first-order valence-corrected chi connectivity index (χ1v) is 6.25. The molecule has 0 heterocycles. The molecule has 0 radical (unpaired) electrons. The van der Waals surface area contributed by atoms with Crippen molar-refractivity contribution in [3.63, 3.8) is 0 Å². The molecular formula is C14H15F2NO4. The van der Waals surface area contributed by atoms with Gasteiger partial charge in [0.15, 0.2) is 0 Å². The molecule has 0 saturated heterocycles. The summed E-state index contributed by atoms with van der Waals surface area (Å²) >= 11 is 0. The summed E-state index contributed by atoms with van der Waals surface area (Å²) in [4.78, 5) is 33.5. The van der Waals surface area contributed by atoms with Crippen molar-refractivity contribution in [1.29, 1.82) is 0 Å². The van der Waals surface area contributed by atoms with Crippen LogP contribution in [0.5, 0.6) is 0 Å². The van der Waals surface area contributed by atoms with Crippen molar-refractivity contribution in [3.05, 3.63) is 35.4 Å². The molecule has 21 heavy (non-hydrogen) atoms. The van der Waals surface area contributed by atoms with E-state index in [1.807, 2.05) is 0 Å². The van der Waals surface area contributed by atoms with Crippen molar-refractivity contribution < 1.29 is 28.3 Å². The Bertz CT molecular complexity index is 540. The lowest BCUT2D eigenvalue weighted by Crippen LogP contribution is -2.41. The summed E-state index contributed by atoms with van der Waals surface area (Å²) in [6.45, 7) is 1.30. The largest absolute Gasteiger partial charge is 0.480 e. The maximum Gasteiger partial charge on any atom is 0.326 e. The first kappa shape index (κ1) is 16.7. The number of ketones is 1. The third-order valence-corrected chi connectivity index (χ3v) is 2.82. The highest BCUT2D eigenvalue weighted by Gasteiger charge is 2.21. The lowest BCUT2D eigenvalue weighted by Gasteiger charge is -2.14. The number of carboxylic acids is 1. The molecule has 0 saturated carbocycles. The van der Waals surface area contributed by atoms with Crippen molar-refractivity contribution in [2.24, 2.45) is 0 Å². The minimum absolute atomic E-state index is 0.00863. The molecule has 1 aromatic carbocycles. The number of benzene rings is 1. The molecular weight excluding hydrogens is 284 g/mol. The summed E-state index contributed by atoms with van der Waals surface area (Å²) in [5.74, 6) is -4.09. The van der Waals surface area contributed by atoms with E-state index in [1.54, 1.807) is 0 Å². The fourth-order valence-electron chi connectivity index (χ4n) is 1.71. The zero-order chi connectivity index (χ0) is 16.0. The van der Waals surface area contributed by atoms with Gasteiger partial charge in [-0.1, -0.05) is 6.07 Å². The van der Waals surface area contributed by atoms with Gasteiger partial charge in [0, 0.05) is 12.0 Å². The molecule has 1 rings (SSSR count). The quantitative estimate of drug-likeness (QED) is 0.798. The van der Waals surface area contributed by atoms with Gasteiger partial charge in [-0.05, 0) is 25.5 Å². The molecule has 0 aromatic heterocycles. The van der Waals surface area contributed by atoms with Crippen LogP contribution in [0, 0.1) is 11.6 Å². The number of hydrogen-bond acceptors (Lipinski definition) is 3. The average molecular weight is 299 g/mol. The van der Waals surface area contributed by atoms with E-state index in [0.29, 0.717) is 0 Å². The number of carbonyl (C=O) groups is 3. The average Bonchev–Trinajstić information content (AvgIpc) is 2.38. The van der Waals surface area contributed by atoms with Gasteiger partial charge >= 0.3 is 5.97 Å². The molecule has 0 aliphatic carbocycles. The van der Waals surface area contributed by atoms with Gasteiger partial charge in [-0.3, -0.25) is 4.79 Å². The molecule has 1 aromatic rings. The van der Waals surface area contributed by atoms with Crippen LogP contribution in [0.15, 0.2) is 18.2 Å².